The zero-order valence-corrected chi connectivity index (χ0v) is 15.2. The SMILES string of the molecule is COc1cccc(O[C@H](C)C(=O)NCCOc2cccc(C)c2C)c1. The molecule has 0 unspecified atom stereocenters. The molecule has 134 valence electrons. The van der Waals surface area contributed by atoms with Gasteiger partial charge in [0.1, 0.15) is 23.9 Å². The lowest BCUT2D eigenvalue weighted by Crippen LogP contribution is -2.38. The van der Waals surface area contributed by atoms with Crippen LogP contribution in [0.25, 0.3) is 0 Å². The second-order valence-electron chi connectivity index (χ2n) is 5.78. The van der Waals surface area contributed by atoms with E-state index in [0.29, 0.717) is 24.7 Å². The number of benzene rings is 2. The van der Waals surface area contributed by atoms with Gasteiger partial charge in [-0.25, -0.2) is 0 Å². The van der Waals surface area contributed by atoms with Crippen LogP contribution in [0.5, 0.6) is 17.2 Å². The van der Waals surface area contributed by atoms with Crippen molar-refractivity contribution in [2.75, 3.05) is 20.3 Å². The Morgan fingerprint density at radius 1 is 1.12 bits per heavy atom. The van der Waals surface area contributed by atoms with Gasteiger partial charge in [-0.1, -0.05) is 18.2 Å². The van der Waals surface area contributed by atoms with Crippen LogP contribution in [0.15, 0.2) is 42.5 Å². The summed E-state index contributed by atoms with van der Waals surface area (Å²) in [6.07, 6.45) is -0.604. The van der Waals surface area contributed by atoms with Crippen LogP contribution in [0.4, 0.5) is 0 Å². The van der Waals surface area contributed by atoms with Gasteiger partial charge in [0.05, 0.1) is 13.7 Å². The number of carbonyl (C=O) groups excluding carboxylic acids is 1. The molecule has 0 saturated heterocycles. The second-order valence-corrected chi connectivity index (χ2v) is 5.78. The first-order valence-electron chi connectivity index (χ1n) is 8.28. The second kappa shape index (κ2) is 8.97. The van der Waals surface area contributed by atoms with Crippen molar-refractivity contribution in [3.63, 3.8) is 0 Å². The minimum Gasteiger partial charge on any atom is -0.497 e. The summed E-state index contributed by atoms with van der Waals surface area (Å²) in [4.78, 5) is 12.1. The molecule has 0 heterocycles. The highest BCUT2D eigenvalue weighted by Gasteiger charge is 2.14. The fourth-order valence-corrected chi connectivity index (χ4v) is 2.29. The zero-order valence-electron chi connectivity index (χ0n) is 15.2. The predicted molar refractivity (Wildman–Crippen MR) is 97.5 cm³/mol. The smallest absolute Gasteiger partial charge is 0.260 e. The molecule has 25 heavy (non-hydrogen) atoms. The molecule has 5 nitrogen and oxygen atoms in total. The third-order valence-electron chi connectivity index (χ3n) is 3.94. The average molecular weight is 343 g/mol. The Morgan fingerprint density at radius 3 is 2.60 bits per heavy atom. The summed E-state index contributed by atoms with van der Waals surface area (Å²) < 4.78 is 16.5. The van der Waals surface area contributed by atoms with Gasteiger partial charge in [-0.05, 0) is 50.1 Å². The summed E-state index contributed by atoms with van der Waals surface area (Å²) >= 11 is 0. The van der Waals surface area contributed by atoms with E-state index in [4.69, 9.17) is 14.2 Å². The third-order valence-corrected chi connectivity index (χ3v) is 3.94. The fraction of sp³-hybridized carbons (Fsp3) is 0.350. The standard InChI is InChI=1S/C20H25NO4/c1-14-7-5-10-19(15(14)2)24-12-11-21-20(22)16(3)25-18-9-6-8-17(13-18)23-4/h5-10,13,16H,11-12H2,1-4H3,(H,21,22)/t16-/m1/s1. The molecule has 2 rings (SSSR count). The van der Waals surface area contributed by atoms with Gasteiger partial charge in [0, 0.05) is 6.07 Å². The van der Waals surface area contributed by atoms with Gasteiger partial charge < -0.3 is 19.5 Å². The van der Waals surface area contributed by atoms with E-state index >= 15 is 0 Å². The lowest BCUT2D eigenvalue weighted by atomic mass is 10.1. The molecule has 0 bridgehead atoms. The van der Waals surface area contributed by atoms with Crippen molar-refractivity contribution < 1.29 is 19.0 Å². The summed E-state index contributed by atoms with van der Waals surface area (Å²) in [5.41, 5.74) is 2.30. The van der Waals surface area contributed by atoms with Crippen LogP contribution < -0.4 is 19.5 Å². The van der Waals surface area contributed by atoms with Crippen LogP contribution >= 0.6 is 0 Å². The summed E-state index contributed by atoms with van der Waals surface area (Å²) in [6, 6.07) is 13.1. The Kier molecular flexibility index (Phi) is 6.69. The molecule has 0 saturated carbocycles. The van der Waals surface area contributed by atoms with Crippen molar-refractivity contribution in [3.8, 4) is 17.2 Å². The number of aryl methyl sites for hydroxylation is 1. The maximum Gasteiger partial charge on any atom is 0.260 e. The minimum absolute atomic E-state index is 0.188. The number of nitrogens with one attached hydrogen (secondary N) is 1. The molecule has 5 heteroatoms. The number of methoxy groups -OCH3 is 1. The molecular weight excluding hydrogens is 318 g/mol. The topological polar surface area (TPSA) is 56.8 Å². The highest BCUT2D eigenvalue weighted by molar-refractivity contribution is 5.80. The average Bonchev–Trinajstić information content (AvgIpc) is 2.62. The van der Waals surface area contributed by atoms with Crippen molar-refractivity contribution in [2.45, 2.75) is 26.9 Å². The van der Waals surface area contributed by atoms with Crippen LogP contribution in [0.1, 0.15) is 18.1 Å². The van der Waals surface area contributed by atoms with Gasteiger partial charge in [0.2, 0.25) is 0 Å². The third kappa shape index (κ3) is 5.41. The Balaban J connectivity index is 1.76. The lowest BCUT2D eigenvalue weighted by molar-refractivity contribution is -0.127. The highest BCUT2D eigenvalue weighted by Crippen LogP contribution is 2.21. The molecule has 0 spiro atoms. The van der Waals surface area contributed by atoms with Crippen LogP contribution in [-0.2, 0) is 4.79 Å². The van der Waals surface area contributed by atoms with Crippen molar-refractivity contribution in [3.05, 3.63) is 53.6 Å². The zero-order chi connectivity index (χ0) is 18.2. The summed E-state index contributed by atoms with van der Waals surface area (Å²) in [5.74, 6) is 1.93. The number of carbonyl (C=O) groups is 1. The monoisotopic (exact) mass is 343 g/mol. The van der Waals surface area contributed by atoms with E-state index in [0.717, 1.165) is 11.3 Å². The van der Waals surface area contributed by atoms with E-state index in [2.05, 4.69) is 5.32 Å². The Hall–Kier alpha value is -2.69. The van der Waals surface area contributed by atoms with E-state index in [1.807, 2.05) is 44.2 Å². The normalized spacial score (nSPS) is 11.5. The Labute approximate surface area is 148 Å². The summed E-state index contributed by atoms with van der Waals surface area (Å²) in [7, 11) is 1.59. The van der Waals surface area contributed by atoms with Gasteiger partial charge >= 0.3 is 0 Å². The predicted octanol–water partition coefficient (Wildman–Crippen LogP) is 3.27. The number of hydrogen-bond acceptors (Lipinski definition) is 4. The van der Waals surface area contributed by atoms with Gasteiger partial charge in [-0.2, -0.15) is 0 Å². The number of ether oxygens (including phenoxy) is 3. The Morgan fingerprint density at radius 2 is 1.84 bits per heavy atom. The quantitative estimate of drug-likeness (QED) is 0.748. The molecule has 1 N–H and O–H groups in total. The fourth-order valence-electron chi connectivity index (χ4n) is 2.29. The van der Waals surface area contributed by atoms with Crippen LogP contribution in [0.2, 0.25) is 0 Å². The molecule has 0 aliphatic rings. The molecule has 0 fully saturated rings. The van der Waals surface area contributed by atoms with E-state index in [1.165, 1.54) is 5.56 Å². The number of hydrogen-bond donors (Lipinski definition) is 1. The molecule has 0 aliphatic carbocycles. The molecule has 1 amide bonds. The van der Waals surface area contributed by atoms with Crippen LogP contribution in [-0.4, -0.2) is 32.3 Å². The first-order chi connectivity index (χ1) is 12.0. The molecule has 2 aromatic rings. The molecule has 0 radical (unpaired) electrons. The van der Waals surface area contributed by atoms with Crippen LogP contribution in [0, 0.1) is 13.8 Å². The molecule has 0 aromatic heterocycles. The van der Waals surface area contributed by atoms with Crippen molar-refractivity contribution >= 4 is 5.91 Å². The van der Waals surface area contributed by atoms with Gasteiger partial charge in [0.25, 0.3) is 5.91 Å². The van der Waals surface area contributed by atoms with E-state index in [-0.39, 0.29) is 5.91 Å². The van der Waals surface area contributed by atoms with Crippen molar-refractivity contribution in [2.24, 2.45) is 0 Å². The first-order valence-corrected chi connectivity index (χ1v) is 8.28. The highest BCUT2D eigenvalue weighted by atomic mass is 16.5. The summed E-state index contributed by atoms with van der Waals surface area (Å²) in [6.45, 7) is 6.59. The van der Waals surface area contributed by atoms with E-state index < -0.39 is 6.10 Å². The van der Waals surface area contributed by atoms with Gasteiger partial charge in [-0.3, -0.25) is 4.79 Å². The van der Waals surface area contributed by atoms with Crippen molar-refractivity contribution in [1.29, 1.82) is 0 Å². The first kappa shape index (κ1) is 18.6. The maximum atomic E-state index is 12.1. The number of rotatable bonds is 8. The van der Waals surface area contributed by atoms with Crippen LogP contribution in [0.3, 0.4) is 0 Å². The van der Waals surface area contributed by atoms with E-state index in [1.54, 1.807) is 26.2 Å². The van der Waals surface area contributed by atoms with Gasteiger partial charge in [-0.15, -0.1) is 0 Å². The minimum atomic E-state index is -0.604. The molecule has 1 atom stereocenters. The molecule has 2 aromatic carbocycles. The lowest BCUT2D eigenvalue weighted by Gasteiger charge is -2.16. The van der Waals surface area contributed by atoms with Gasteiger partial charge in [0.15, 0.2) is 6.10 Å². The van der Waals surface area contributed by atoms with Crippen molar-refractivity contribution in [1.82, 2.24) is 5.32 Å². The number of amides is 1. The maximum absolute atomic E-state index is 12.1. The van der Waals surface area contributed by atoms with E-state index in [9.17, 15) is 4.79 Å². The summed E-state index contributed by atoms with van der Waals surface area (Å²) in [5, 5.41) is 2.82. The molecular formula is C20H25NO4. The largest absolute Gasteiger partial charge is 0.497 e. The Bertz CT molecular complexity index is 715. The molecule has 0 aliphatic heterocycles.